The van der Waals surface area contributed by atoms with Crippen LogP contribution in [-0.2, 0) is 0 Å². The van der Waals surface area contributed by atoms with Crippen molar-refractivity contribution in [3.8, 4) is 5.75 Å². The topological polar surface area (TPSA) is 63.1 Å². The van der Waals surface area contributed by atoms with Crippen molar-refractivity contribution in [1.82, 2.24) is 10.2 Å². The number of piperazine rings is 1. The smallest absolute Gasteiger partial charge is 0.193 e. The largest absolute Gasteiger partial charge is 0.506 e. The van der Waals surface area contributed by atoms with Crippen LogP contribution in [0.1, 0.15) is 6.42 Å². The minimum Gasteiger partial charge on any atom is -0.506 e. The lowest BCUT2D eigenvalue weighted by Gasteiger charge is -2.37. The van der Waals surface area contributed by atoms with Crippen molar-refractivity contribution in [1.29, 1.82) is 0 Å². The number of anilines is 2. The van der Waals surface area contributed by atoms with Crippen LogP contribution in [-0.4, -0.2) is 62.3 Å². The summed E-state index contributed by atoms with van der Waals surface area (Å²) in [5.41, 5.74) is 2.06. The molecule has 0 aromatic heterocycles. The van der Waals surface area contributed by atoms with Crippen molar-refractivity contribution in [3.63, 3.8) is 0 Å². The van der Waals surface area contributed by atoms with E-state index < -0.39 is 0 Å². The Morgan fingerprint density at radius 2 is 1.64 bits per heavy atom. The maximum absolute atomic E-state index is 10.0. The van der Waals surface area contributed by atoms with E-state index in [0.717, 1.165) is 63.0 Å². The quantitative estimate of drug-likeness (QED) is 0.249. The molecule has 0 radical (unpaired) electrons. The van der Waals surface area contributed by atoms with Crippen molar-refractivity contribution in [2.45, 2.75) is 6.42 Å². The van der Waals surface area contributed by atoms with Gasteiger partial charge < -0.3 is 25.5 Å². The van der Waals surface area contributed by atoms with Crippen LogP contribution >= 0.6 is 24.0 Å². The van der Waals surface area contributed by atoms with E-state index in [2.05, 4.69) is 37.6 Å². The number of nitrogens with zero attached hydrogens (tertiary/aromatic N) is 3. The summed E-state index contributed by atoms with van der Waals surface area (Å²) >= 11 is 0. The van der Waals surface area contributed by atoms with Gasteiger partial charge in [0.1, 0.15) is 5.75 Å². The van der Waals surface area contributed by atoms with Crippen molar-refractivity contribution in [2.24, 2.45) is 4.99 Å². The minimum absolute atomic E-state index is 0. The summed E-state index contributed by atoms with van der Waals surface area (Å²) in [6.45, 7) is 5.31. The number of aliphatic imine (C=N–C) groups is 1. The molecule has 152 valence electrons. The zero-order valence-corrected chi connectivity index (χ0v) is 18.7. The molecule has 0 amide bonds. The zero-order chi connectivity index (χ0) is 18.9. The molecule has 0 aliphatic carbocycles. The molecule has 1 aliphatic rings. The Morgan fingerprint density at radius 3 is 2.32 bits per heavy atom. The lowest BCUT2D eigenvalue weighted by atomic mass is 10.2. The molecule has 1 aliphatic heterocycles. The molecule has 7 heteroatoms. The number of aromatic hydroxyl groups is 1. The number of benzene rings is 2. The predicted octanol–water partition coefficient (Wildman–Crippen LogP) is 3.21. The third-order valence-corrected chi connectivity index (χ3v) is 4.75. The highest BCUT2D eigenvalue weighted by Gasteiger charge is 2.21. The highest BCUT2D eigenvalue weighted by molar-refractivity contribution is 14.0. The number of guanidine groups is 1. The predicted molar refractivity (Wildman–Crippen MR) is 128 cm³/mol. The first-order valence-corrected chi connectivity index (χ1v) is 9.55. The molecule has 2 aromatic carbocycles. The number of phenolic OH excluding ortho intramolecular Hbond substituents is 1. The number of para-hydroxylation sites is 3. The van der Waals surface area contributed by atoms with Crippen LogP contribution in [0.15, 0.2) is 59.6 Å². The fraction of sp³-hybridized carbons (Fsp3) is 0.381. The highest BCUT2D eigenvalue weighted by Crippen LogP contribution is 2.27. The number of halogens is 1. The molecule has 0 spiro atoms. The first-order valence-electron chi connectivity index (χ1n) is 9.55. The fourth-order valence-electron chi connectivity index (χ4n) is 3.30. The van der Waals surface area contributed by atoms with Crippen LogP contribution in [0.25, 0.3) is 0 Å². The summed E-state index contributed by atoms with van der Waals surface area (Å²) in [7, 11) is 1.83. The third-order valence-electron chi connectivity index (χ3n) is 4.75. The Labute approximate surface area is 184 Å². The van der Waals surface area contributed by atoms with Crippen LogP contribution in [0.2, 0.25) is 0 Å². The summed E-state index contributed by atoms with van der Waals surface area (Å²) in [5.74, 6) is 1.30. The Kier molecular flexibility index (Phi) is 9.19. The van der Waals surface area contributed by atoms with Gasteiger partial charge in [0, 0.05) is 52.0 Å². The average molecular weight is 495 g/mol. The van der Waals surface area contributed by atoms with Crippen LogP contribution in [0.4, 0.5) is 11.4 Å². The van der Waals surface area contributed by atoms with Gasteiger partial charge in [0.2, 0.25) is 0 Å². The molecule has 0 atom stereocenters. The van der Waals surface area contributed by atoms with Gasteiger partial charge in [0.25, 0.3) is 0 Å². The lowest BCUT2D eigenvalue weighted by molar-refractivity contribution is 0.370. The maximum atomic E-state index is 10.0. The second-order valence-corrected chi connectivity index (χ2v) is 6.58. The van der Waals surface area contributed by atoms with Gasteiger partial charge in [-0.2, -0.15) is 0 Å². The molecule has 0 bridgehead atoms. The van der Waals surface area contributed by atoms with E-state index in [4.69, 9.17) is 0 Å². The van der Waals surface area contributed by atoms with Crippen molar-refractivity contribution >= 4 is 41.3 Å². The van der Waals surface area contributed by atoms with Crippen molar-refractivity contribution in [2.75, 3.05) is 56.5 Å². The highest BCUT2D eigenvalue weighted by atomic mass is 127. The van der Waals surface area contributed by atoms with E-state index in [9.17, 15) is 5.11 Å². The molecule has 28 heavy (non-hydrogen) atoms. The number of nitrogens with one attached hydrogen (secondary N) is 2. The number of hydrogen-bond donors (Lipinski definition) is 3. The molecule has 3 rings (SSSR count). The molecule has 1 heterocycles. The average Bonchev–Trinajstić information content (AvgIpc) is 2.72. The minimum atomic E-state index is 0. The molecular formula is C21H30IN5O. The zero-order valence-electron chi connectivity index (χ0n) is 16.3. The van der Waals surface area contributed by atoms with Crippen LogP contribution < -0.4 is 15.5 Å². The molecule has 3 N–H and O–H groups in total. The van der Waals surface area contributed by atoms with Crippen LogP contribution in [0, 0.1) is 0 Å². The number of hydrogen-bond acceptors (Lipinski definition) is 4. The Morgan fingerprint density at radius 1 is 0.964 bits per heavy atom. The van der Waals surface area contributed by atoms with Gasteiger partial charge in [-0.25, -0.2) is 0 Å². The molecule has 0 saturated carbocycles. The second-order valence-electron chi connectivity index (χ2n) is 6.58. The van der Waals surface area contributed by atoms with Gasteiger partial charge in [-0.15, -0.1) is 24.0 Å². The third kappa shape index (κ3) is 6.19. The van der Waals surface area contributed by atoms with Gasteiger partial charge in [0.05, 0.1) is 5.69 Å². The molecule has 0 unspecified atom stereocenters. The van der Waals surface area contributed by atoms with Crippen molar-refractivity contribution < 1.29 is 5.11 Å². The maximum Gasteiger partial charge on any atom is 0.193 e. The first kappa shape index (κ1) is 22.1. The Bertz CT molecular complexity index is 733. The van der Waals surface area contributed by atoms with Gasteiger partial charge in [-0.1, -0.05) is 30.3 Å². The lowest BCUT2D eigenvalue weighted by Crippen LogP contribution is -2.52. The second kappa shape index (κ2) is 11.6. The van der Waals surface area contributed by atoms with Crippen molar-refractivity contribution in [3.05, 3.63) is 54.6 Å². The van der Waals surface area contributed by atoms with E-state index >= 15 is 0 Å². The fourth-order valence-corrected chi connectivity index (χ4v) is 3.30. The molecule has 6 nitrogen and oxygen atoms in total. The number of phenols is 1. The Balaban J connectivity index is 0.00000280. The van der Waals surface area contributed by atoms with Gasteiger partial charge in [-0.05, 0) is 30.7 Å². The van der Waals surface area contributed by atoms with Crippen LogP contribution in [0.3, 0.4) is 0 Å². The molecule has 1 saturated heterocycles. The summed E-state index contributed by atoms with van der Waals surface area (Å²) in [4.78, 5) is 8.93. The summed E-state index contributed by atoms with van der Waals surface area (Å²) in [5, 5.41) is 16.9. The summed E-state index contributed by atoms with van der Waals surface area (Å²) < 4.78 is 0. The SMILES string of the molecule is CN=C(NCCCNc1ccccc1)N1CCN(c2ccccc2O)CC1.I. The normalized spacial score (nSPS) is 14.4. The standard InChI is InChI=1S/C21H29N5O.HI/c1-22-21(24-13-7-12-23-18-8-3-2-4-9-18)26-16-14-25(15-17-26)19-10-5-6-11-20(19)27;/h2-6,8-11,23,27H,7,12-17H2,1H3,(H,22,24);1H. The van der Waals surface area contributed by atoms with E-state index in [1.807, 2.05) is 43.4 Å². The molecule has 1 fully saturated rings. The van der Waals surface area contributed by atoms with E-state index in [1.54, 1.807) is 6.07 Å². The monoisotopic (exact) mass is 495 g/mol. The summed E-state index contributed by atoms with van der Waals surface area (Å²) in [6, 6.07) is 17.8. The van der Waals surface area contributed by atoms with E-state index in [0.29, 0.717) is 5.75 Å². The molecule has 2 aromatic rings. The van der Waals surface area contributed by atoms with Gasteiger partial charge in [0.15, 0.2) is 5.96 Å². The van der Waals surface area contributed by atoms with Gasteiger partial charge in [-0.3, -0.25) is 4.99 Å². The van der Waals surface area contributed by atoms with E-state index in [-0.39, 0.29) is 24.0 Å². The molecular weight excluding hydrogens is 465 g/mol. The van der Waals surface area contributed by atoms with Gasteiger partial charge >= 0.3 is 0 Å². The summed E-state index contributed by atoms with van der Waals surface area (Å²) in [6.07, 6.45) is 1.02. The first-order chi connectivity index (χ1) is 13.3. The Hall–Kier alpha value is -2.16. The van der Waals surface area contributed by atoms with Crippen LogP contribution in [0.5, 0.6) is 5.75 Å². The van der Waals surface area contributed by atoms with E-state index in [1.165, 1.54) is 0 Å². The number of rotatable bonds is 6.